The predicted octanol–water partition coefficient (Wildman–Crippen LogP) is -0.146. The summed E-state index contributed by atoms with van der Waals surface area (Å²) in [6, 6.07) is 10.8. The average Bonchev–Trinajstić information content (AvgIpc) is 3.10. The Labute approximate surface area is 149 Å². The van der Waals surface area contributed by atoms with E-state index in [0.717, 1.165) is 11.1 Å². The van der Waals surface area contributed by atoms with Crippen LogP contribution in [0.2, 0.25) is 0 Å². The minimum atomic E-state index is -0.670. The lowest BCUT2D eigenvalue weighted by Crippen LogP contribution is -2.26. The van der Waals surface area contributed by atoms with Gasteiger partial charge in [0.1, 0.15) is 12.4 Å². The largest absolute Gasteiger partial charge is 0.492 e. The zero-order valence-corrected chi connectivity index (χ0v) is 14.1. The van der Waals surface area contributed by atoms with Crippen LogP contribution in [0.5, 0.6) is 5.75 Å². The summed E-state index contributed by atoms with van der Waals surface area (Å²) in [7, 11) is 0. The normalized spacial score (nSPS) is 12.2. The van der Waals surface area contributed by atoms with Gasteiger partial charge in [-0.2, -0.15) is 0 Å². The fraction of sp³-hybridized carbons (Fsp3) is 0.294. The fourth-order valence-corrected chi connectivity index (χ4v) is 2.46. The van der Waals surface area contributed by atoms with E-state index in [9.17, 15) is 9.90 Å². The maximum Gasteiger partial charge on any atom is 0.221 e. The van der Waals surface area contributed by atoms with Crippen molar-refractivity contribution >= 4 is 11.6 Å². The van der Waals surface area contributed by atoms with Crippen molar-refractivity contribution in [1.29, 1.82) is 0 Å². The number of carbonyl (C=O) groups excluding carboxylic acids is 1. The molecule has 0 bridgehead atoms. The molecular formula is C17H20N6O3. The first-order chi connectivity index (χ1) is 12.6. The fourth-order valence-electron chi connectivity index (χ4n) is 2.46. The number of hydrogen-bond acceptors (Lipinski definition) is 7. The van der Waals surface area contributed by atoms with E-state index in [4.69, 9.17) is 10.5 Å². The van der Waals surface area contributed by atoms with E-state index in [1.807, 2.05) is 12.1 Å². The van der Waals surface area contributed by atoms with E-state index in [1.165, 1.54) is 4.52 Å². The summed E-state index contributed by atoms with van der Waals surface area (Å²) in [5.41, 5.74) is 7.36. The molecule has 0 spiro atoms. The summed E-state index contributed by atoms with van der Waals surface area (Å²) < 4.78 is 7.13. The number of amides is 1. The van der Waals surface area contributed by atoms with Crippen LogP contribution in [-0.2, 0) is 11.2 Å². The van der Waals surface area contributed by atoms with Crippen LogP contribution in [0.1, 0.15) is 17.2 Å². The van der Waals surface area contributed by atoms with Gasteiger partial charge in [-0.15, -0.1) is 5.10 Å². The number of nitrogens with two attached hydrogens (primary N) is 1. The number of aliphatic hydroxyl groups excluding tert-OH is 1. The molecule has 1 aromatic carbocycles. The second-order valence-corrected chi connectivity index (χ2v) is 5.80. The lowest BCUT2D eigenvalue weighted by molar-refractivity contribution is -0.117. The number of nitrogens with zero attached hydrogens (tertiary/aromatic N) is 4. The third-order valence-corrected chi connectivity index (χ3v) is 3.79. The predicted molar refractivity (Wildman–Crippen MR) is 93.4 cm³/mol. The Morgan fingerprint density at radius 2 is 2.08 bits per heavy atom. The molecule has 0 saturated heterocycles. The molecule has 0 aliphatic heterocycles. The molecule has 3 aromatic rings. The zero-order chi connectivity index (χ0) is 18.4. The minimum absolute atomic E-state index is 0.218. The van der Waals surface area contributed by atoms with Crippen molar-refractivity contribution in [3.8, 4) is 5.75 Å². The van der Waals surface area contributed by atoms with Crippen LogP contribution in [-0.4, -0.2) is 50.8 Å². The number of benzene rings is 1. The number of pyridine rings is 1. The summed E-state index contributed by atoms with van der Waals surface area (Å²) >= 11 is 0. The Morgan fingerprint density at radius 1 is 1.27 bits per heavy atom. The van der Waals surface area contributed by atoms with Gasteiger partial charge in [-0.3, -0.25) is 4.79 Å². The van der Waals surface area contributed by atoms with Gasteiger partial charge in [0, 0.05) is 24.8 Å². The molecule has 9 heteroatoms. The van der Waals surface area contributed by atoms with Crippen molar-refractivity contribution < 1.29 is 14.6 Å². The number of primary amides is 1. The molecule has 0 radical (unpaired) electrons. The summed E-state index contributed by atoms with van der Waals surface area (Å²) in [4.78, 5) is 10.9. The van der Waals surface area contributed by atoms with Crippen molar-refractivity contribution in [3.05, 3.63) is 53.7 Å². The Bertz CT molecular complexity index is 864. The number of nitrogens with one attached hydrogen (secondary N) is 1. The van der Waals surface area contributed by atoms with Crippen LogP contribution < -0.4 is 15.8 Å². The van der Waals surface area contributed by atoms with E-state index in [1.54, 1.807) is 30.5 Å². The van der Waals surface area contributed by atoms with Gasteiger partial charge in [-0.05, 0) is 34.2 Å². The van der Waals surface area contributed by atoms with E-state index in [-0.39, 0.29) is 12.3 Å². The molecule has 1 amide bonds. The highest BCUT2D eigenvalue weighted by molar-refractivity contribution is 5.76. The molecule has 0 aliphatic carbocycles. The lowest BCUT2D eigenvalue weighted by Gasteiger charge is -2.13. The van der Waals surface area contributed by atoms with E-state index in [2.05, 4.69) is 20.8 Å². The number of tetrazole rings is 1. The number of aromatic nitrogens is 4. The molecule has 3 rings (SSSR count). The van der Waals surface area contributed by atoms with Crippen LogP contribution in [0, 0.1) is 0 Å². The van der Waals surface area contributed by atoms with Gasteiger partial charge in [-0.25, -0.2) is 4.52 Å². The topological polar surface area (TPSA) is 128 Å². The number of carbonyl (C=O) groups is 1. The Kier molecular flexibility index (Phi) is 5.72. The molecule has 1 atom stereocenters. The number of fused-ring (bicyclic) bond motifs is 1. The first-order valence-electron chi connectivity index (χ1n) is 8.18. The van der Waals surface area contributed by atoms with Crippen LogP contribution in [0.3, 0.4) is 0 Å². The SMILES string of the molecule is NC(=O)Cc1ccc(OCCNCC(O)c2ccc3nnnn3c2)cc1. The van der Waals surface area contributed by atoms with Crippen LogP contribution >= 0.6 is 0 Å². The monoisotopic (exact) mass is 356 g/mol. The number of rotatable bonds is 9. The van der Waals surface area contributed by atoms with Gasteiger partial charge in [0.05, 0.1) is 12.5 Å². The van der Waals surface area contributed by atoms with Gasteiger partial charge in [0.15, 0.2) is 5.65 Å². The summed E-state index contributed by atoms with van der Waals surface area (Å²) in [6.07, 6.45) is 1.25. The number of ether oxygens (including phenoxy) is 1. The molecule has 2 heterocycles. The Balaban J connectivity index is 1.39. The van der Waals surface area contributed by atoms with Crippen molar-refractivity contribution in [1.82, 2.24) is 25.4 Å². The van der Waals surface area contributed by atoms with Crippen LogP contribution in [0.4, 0.5) is 0 Å². The summed E-state index contributed by atoms with van der Waals surface area (Å²) in [5.74, 6) is 0.352. The standard InChI is InChI=1S/C17H20N6O3/c18-16(25)9-12-1-4-14(5-2-12)26-8-7-19-10-15(24)13-3-6-17-20-21-22-23(17)11-13/h1-6,11,15,19,24H,7-10H2,(H2,18,25). The first-order valence-corrected chi connectivity index (χ1v) is 8.18. The second kappa shape index (κ2) is 8.37. The van der Waals surface area contributed by atoms with Crippen molar-refractivity contribution in [2.75, 3.05) is 19.7 Å². The molecule has 4 N–H and O–H groups in total. The molecular weight excluding hydrogens is 336 g/mol. The molecule has 136 valence electrons. The van der Waals surface area contributed by atoms with Gasteiger partial charge >= 0.3 is 0 Å². The molecule has 9 nitrogen and oxygen atoms in total. The average molecular weight is 356 g/mol. The Morgan fingerprint density at radius 3 is 2.85 bits per heavy atom. The maximum absolute atomic E-state index is 10.9. The molecule has 0 saturated carbocycles. The molecule has 1 unspecified atom stereocenters. The van der Waals surface area contributed by atoms with Crippen LogP contribution in [0.25, 0.3) is 5.65 Å². The van der Waals surface area contributed by atoms with Gasteiger partial charge in [0.25, 0.3) is 0 Å². The third-order valence-electron chi connectivity index (χ3n) is 3.79. The minimum Gasteiger partial charge on any atom is -0.492 e. The third kappa shape index (κ3) is 4.74. The van der Waals surface area contributed by atoms with Crippen molar-refractivity contribution in [2.45, 2.75) is 12.5 Å². The zero-order valence-electron chi connectivity index (χ0n) is 14.1. The highest BCUT2D eigenvalue weighted by Crippen LogP contribution is 2.13. The number of hydrogen-bond donors (Lipinski definition) is 3. The van der Waals surface area contributed by atoms with Crippen molar-refractivity contribution in [3.63, 3.8) is 0 Å². The smallest absolute Gasteiger partial charge is 0.221 e. The van der Waals surface area contributed by atoms with E-state index in [0.29, 0.717) is 31.1 Å². The quantitative estimate of drug-likeness (QED) is 0.455. The molecule has 2 aromatic heterocycles. The molecule has 0 fully saturated rings. The molecule has 0 aliphatic rings. The Hall–Kier alpha value is -3.04. The van der Waals surface area contributed by atoms with Crippen molar-refractivity contribution in [2.24, 2.45) is 5.73 Å². The van der Waals surface area contributed by atoms with Gasteiger partial charge < -0.3 is 20.9 Å². The first kappa shape index (κ1) is 17.8. The van der Waals surface area contributed by atoms with Crippen LogP contribution in [0.15, 0.2) is 42.6 Å². The summed E-state index contributed by atoms with van der Waals surface area (Å²) in [5, 5.41) is 24.5. The second-order valence-electron chi connectivity index (χ2n) is 5.80. The maximum atomic E-state index is 10.9. The highest BCUT2D eigenvalue weighted by Gasteiger charge is 2.09. The van der Waals surface area contributed by atoms with Gasteiger partial charge in [0.2, 0.25) is 5.91 Å². The van der Waals surface area contributed by atoms with E-state index >= 15 is 0 Å². The lowest BCUT2D eigenvalue weighted by atomic mass is 10.1. The highest BCUT2D eigenvalue weighted by atomic mass is 16.5. The number of aliphatic hydroxyl groups is 1. The summed E-state index contributed by atoms with van der Waals surface area (Å²) in [6.45, 7) is 1.41. The molecule has 26 heavy (non-hydrogen) atoms. The van der Waals surface area contributed by atoms with E-state index < -0.39 is 6.10 Å². The van der Waals surface area contributed by atoms with Gasteiger partial charge in [-0.1, -0.05) is 18.2 Å².